The van der Waals surface area contributed by atoms with Gasteiger partial charge in [-0.3, -0.25) is 37.3 Å². The molecule has 600 valence electrons. The number of carbonyl (C=O) groups excluding carboxylic acids is 4. The van der Waals surface area contributed by atoms with E-state index in [-0.39, 0.29) is 25.7 Å². The van der Waals surface area contributed by atoms with Crippen molar-refractivity contribution in [2.24, 2.45) is 11.8 Å². The van der Waals surface area contributed by atoms with Crippen LogP contribution in [0.5, 0.6) is 0 Å². The number of ether oxygens (including phenoxy) is 4. The van der Waals surface area contributed by atoms with Crippen LogP contribution in [0.3, 0.4) is 0 Å². The fraction of sp³-hybridized carbons (Fsp3) is 0.951. The lowest BCUT2D eigenvalue weighted by molar-refractivity contribution is -0.161. The molecule has 5 atom stereocenters. The van der Waals surface area contributed by atoms with Gasteiger partial charge >= 0.3 is 39.5 Å². The minimum absolute atomic E-state index is 0.106. The predicted octanol–water partition coefficient (Wildman–Crippen LogP) is 24.7. The van der Waals surface area contributed by atoms with E-state index in [1.807, 2.05) is 0 Å². The number of carbonyl (C=O) groups is 4. The molecule has 0 rings (SSSR count). The molecule has 0 fully saturated rings. The van der Waals surface area contributed by atoms with Crippen molar-refractivity contribution in [3.05, 3.63) is 0 Å². The average Bonchev–Trinajstić information content (AvgIpc) is 0.967. The Morgan fingerprint density at radius 2 is 0.455 bits per heavy atom. The Labute approximate surface area is 619 Å². The first kappa shape index (κ1) is 99.1. The lowest BCUT2D eigenvalue weighted by atomic mass is 10.0. The van der Waals surface area contributed by atoms with Crippen LogP contribution in [-0.4, -0.2) is 96.7 Å². The minimum Gasteiger partial charge on any atom is -0.462 e. The summed E-state index contributed by atoms with van der Waals surface area (Å²) in [6.45, 7) is 9.62. The van der Waals surface area contributed by atoms with Crippen molar-refractivity contribution in [2.45, 2.75) is 452 Å². The molecule has 19 heteroatoms. The van der Waals surface area contributed by atoms with Crippen molar-refractivity contribution in [3.8, 4) is 0 Å². The van der Waals surface area contributed by atoms with Crippen LogP contribution in [0.25, 0.3) is 0 Å². The van der Waals surface area contributed by atoms with Crippen molar-refractivity contribution < 1.29 is 80.2 Å². The first-order valence-corrected chi connectivity index (χ1v) is 45.5. The fourth-order valence-electron chi connectivity index (χ4n) is 12.7. The Balaban J connectivity index is 5.25. The van der Waals surface area contributed by atoms with Crippen molar-refractivity contribution in [3.63, 3.8) is 0 Å². The van der Waals surface area contributed by atoms with Gasteiger partial charge in [0.25, 0.3) is 0 Å². The molecule has 101 heavy (non-hydrogen) atoms. The summed E-state index contributed by atoms with van der Waals surface area (Å²) in [6, 6.07) is 0. The number of aliphatic hydroxyl groups is 1. The number of phosphoric ester groups is 2. The Morgan fingerprint density at radius 1 is 0.267 bits per heavy atom. The van der Waals surface area contributed by atoms with Crippen molar-refractivity contribution in [2.75, 3.05) is 39.6 Å². The maximum atomic E-state index is 13.1. The summed E-state index contributed by atoms with van der Waals surface area (Å²) in [4.78, 5) is 73.1. The number of hydrogen-bond acceptors (Lipinski definition) is 15. The van der Waals surface area contributed by atoms with E-state index < -0.39 is 97.5 Å². The third-order valence-corrected chi connectivity index (χ3v) is 21.1. The summed E-state index contributed by atoms with van der Waals surface area (Å²) >= 11 is 0. The highest BCUT2D eigenvalue weighted by atomic mass is 31.2. The number of hydrogen-bond donors (Lipinski definition) is 3. The van der Waals surface area contributed by atoms with Crippen LogP contribution in [0.15, 0.2) is 0 Å². The topological polar surface area (TPSA) is 237 Å². The van der Waals surface area contributed by atoms with Gasteiger partial charge in [-0.25, -0.2) is 9.13 Å². The summed E-state index contributed by atoms with van der Waals surface area (Å²) in [5, 5.41) is 10.7. The first-order valence-electron chi connectivity index (χ1n) is 42.5. The molecule has 0 amide bonds. The van der Waals surface area contributed by atoms with E-state index in [4.69, 9.17) is 37.0 Å². The quantitative estimate of drug-likeness (QED) is 0.0222. The molecule has 17 nitrogen and oxygen atoms in total. The maximum absolute atomic E-state index is 13.1. The number of phosphoric acid groups is 2. The smallest absolute Gasteiger partial charge is 0.462 e. The molecule has 0 aliphatic carbocycles. The standard InChI is InChI=1S/C82H160O17P2/c1-7-9-11-13-15-17-19-21-23-25-27-29-31-33-40-46-52-58-64-79(84)92-70-77(98-81(86)66-60-54-48-41-34-32-30-28-26-24-22-20-18-16-14-12-10-8-2)72-96-100(88,89)94-68-76(83)69-95-101(90,91)97-73-78(71-93-80(85)65-59-53-47-43-37-39-45-51-57-63-75(5)6)99-82(87)67-61-55-49-42-36-35-38-44-50-56-62-74(3)4/h74-78,83H,7-73H2,1-6H3,(H,88,89)(H,90,91)/t76-,77-,78-/m1/s1. The van der Waals surface area contributed by atoms with Crippen LogP contribution in [0.1, 0.15) is 433 Å². The van der Waals surface area contributed by atoms with Crippen LogP contribution < -0.4 is 0 Å². The van der Waals surface area contributed by atoms with Gasteiger partial charge in [0.2, 0.25) is 0 Å². The van der Waals surface area contributed by atoms with Crippen LogP contribution in [-0.2, 0) is 65.4 Å². The molecule has 3 N–H and O–H groups in total. The summed E-state index contributed by atoms with van der Waals surface area (Å²) in [5.74, 6) is -0.611. The average molecular weight is 1480 g/mol. The first-order chi connectivity index (χ1) is 48.9. The molecule has 0 spiro atoms. The zero-order chi connectivity index (χ0) is 74.2. The van der Waals surface area contributed by atoms with E-state index in [1.54, 1.807) is 0 Å². The molecule has 0 aliphatic rings. The van der Waals surface area contributed by atoms with Crippen LogP contribution >= 0.6 is 15.6 Å². The number of rotatable bonds is 81. The molecule has 0 saturated carbocycles. The lowest BCUT2D eigenvalue weighted by Crippen LogP contribution is -2.30. The SMILES string of the molecule is CCCCCCCCCCCCCCCCCCCCC(=O)OC[C@H](COP(=O)(O)OC[C@@H](O)COP(=O)(O)OC[C@@H](COC(=O)CCCCCCCCCCCC(C)C)OC(=O)CCCCCCCCCCCCC(C)C)OC(=O)CCCCCCCCCCCCCCCCCCCC. The second-order valence-electron chi connectivity index (χ2n) is 30.5. The van der Waals surface area contributed by atoms with E-state index in [0.717, 1.165) is 102 Å². The van der Waals surface area contributed by atoms with Gasteiger partial charge in [0.05, 0.1) is 26.4 Å². The second-order valence-corrected chi connectivity index (χ2v) is 33.4. The fourth-order valence-corrected chi connectivity index (χ4v) is 14.3. The van der Waals surface area contributed by atoms with Gasteiger partial charge < -0.3 is 33.8 Å². The monoisotopic (exact) mass is 1480 g/mol. The summed E-state index contributed by atoms with van der Waals surface area (Å²) in [6.07, 6.45) is 63.8. The lowest BCUT2D eigenvalue weighted by Gasteiger charge is -2.21. The van der Waals surface area contributed by atoms with E-state index in [9.17, 15) is 43.2 Å². The molecule has 0 aliphatic heterocycles. The molecule has 0 aromatic rings. The third kappa shape index (κ3) is 76.1. The summed E-state index contributed by atoms with van der Waals surface area (Å²) in [5.41, 5.74) is 0. The molecule has 0 aromatic carbocycles. The van der Waals surface area contributed by atoms with Crippen molar-refractivity contribution in [1.82, 2.24) is 0 Å². The van der Waals surface area contributed by atoms with Crippen molar-refractivity contribution in [1.29, 1.82) is 0 Å². The van der Waals surface area contributed by atoms with E-state index >= 15 is 0 Å². The van der Waals surface area contributed by atoms with Gasteiger partial charge in [-0.1, -0.05) is 382 Å². The molecule has 0 aromatic heterocycles. The Bertz CT molecular complexity index is 1940. The van der Waals surface area contributed by atoms with E-state index in [2.05, 4.69) is 41.5 Å². The molecule has 0 bridgehead atoms. The largest absolute Gasteiger partial charge is 0.472 e. The van der Waals surface area contributed by atoms with E-state index in [0.29, 0.717) is 25.7 Å². The van der Waals surface area contributed by atoms with Gasteiger partial charge in [0.15, 0.2) is 12.2 Å². The van der Waals surface area contributed by atoms with Crippen LogP contribution in [0, 0.1) is 11.8 Å². The van der Waals surface area contributed by atoms with Gasteiger partial charge in [0.1, 0.15) is 19.3 Å². The second kappa shape index (κ2) is 73.6. The molecule has 0 radical (unpaired) electrons. The zero-order valence-corrected chi connectivity index (χ0v) is 68.0. The number of aliphatic hydroxyl groups excluding tert-OH is 1. The highest BCUT2D eigenvalue weighted by molar-refractivity contribution is 7.47. The van der Waals surface area contributed by atoms with Gasteiger partial charge in [-0.05, 0) is 37.5 Å². The highest BCUT2D eigenvalue weighted by Crippen LogP contribution is 2.45. The van der Waals surface area contributed by atoms with Crippen molar-refractivity contribution >= 4 is 39.5 Å². The Morgan fingerprint density at radius 3 is 0.673 bits per heavy atom. The highest BCUT2D eigenvalue weighted by Gasteiger charge is 2.30. The normalized spacial score (nSPS) is 13.9. The molecule has 0 heterocycles. The number of esters is 4. The number of unbranched alkanes of at least 4 members (excludes halogenated alkanes) is 51. The zero-order valence-electron chi connectivity index (χ0n) is 66.2. The Hall–Kier alpha value is -1.94. The minimum atomic E-state index is -4.96. The molecular formula is C82H160O17P2. The van der Waals surface area contributed by atoms with Gasteiger partial charge in [0, 0.05) is 25.7 Å². The Kier molecular flexibility index (Phi) is 72.2. The molecule has 0 saturated heterocycles. The van der Waals surface area contributed by atoms with Crippen LogP contribution in [0.2, 0.25) is 0 Å². The third-order valence-electron chi connectivity index (χ3n) is 19.2. The predicted molar refractivity (Wildman–Crippen MR) is 414 cm³/mol. The summed E-state index contributed by atoms with van der Waals surface area (Å²) in [7, 11) is -9.92. The molecular weight excluding hydrogens is 1320 g/mol. The molecule has 2 unspecified atom stereocenters. The maximum Gasteiger partial charge on any atom is 0.472 e. The van der Waals surface area contributed by atoms with Gasteiger partial charge in [-0.2, -0.15) is 0 Å². The van der Waals surface area contributed by atoms with E-state index in [1.165, 1.54) is 250 Å². The summed E-state index contributed by atoms with van der Waals surface area (Å²) < 4.78 is 68.8. The van der Waals surface area contributed by atoms with Gasteiger partial charge in [-0.15, -0.1) is 0 Å². The van der Waals surface area contributed by atoms with Crippen LogP contribution in [0.4, 0.5) is 0 Å².